The van der Waals surface area contributed by atoms with Crippen LogP contribution in [0.4, 0.5) is 11.5 Å². The lowest BCUT2D eigenvalue weighted by atomic mass is 9.93. The molecule has 20 heavy (non-hydrogen) atoms. The summed E-state index contributed by atoms with van der Waals surface area (Å²) in [7, 11) is 0. The highest BCUT2D eigenvalue weighted by Crippen LogP contribution is 2.38. The van der Waals surface area contributed by atoms with Crippen molar-refractivity contribution in [3.05, 3.63) is 15.8 Å². The van der Waals surface area contributed by atoms with Gasteiger partial charge in [0.2, 0.25) is 5.82 Å². The zero-order valence-corrected chi connectivity index (χ0v) is 12.7. The van der Waals surface area contributed by atoms with Crippen molar-refractivity contribution < 1.29 is 4.92 Å². The number of aromatic nitrogens is 2. The van der Waals surface area contributed by atoms with E-state index in [9.17, 15) is 10.1 Å². The van der Waals surface area contributed by atoms with Gasteiger partial charge in [0.25, 0.3) is 0 Å². The second-order valence-corrected chi connectivity index (χ2v) is 5.71. The van der Waals surface area contributed by atoms with Gasteiger partial charge in [-0.1, -0.05) is 20.3 Å². The minimum Gasteiger partial charge on any atom is -0.362 e. The largest absolute Gasteiger partial charge is 0.362 e. The Kier molecular flexibility index (Phi) is 4.30. The van der Waals surface area contributed by atoms with Gasteiger partial charge < -0.3 is 5.32 Å². The highest BCUT2D eigenvalue weighted by Gasteiger charge is 2.34. The first kappa shape index (κ1) is 14.8. The Morgan fingerprint density at radius 3 is 2.65 bits per heavy atom. The summed E-state index contributed by atoms with van der Waals surface area (Å²) >= 11 is 0. The predicted octanol–water partition coefficient (Wildman–Crippen LogP) is 3.36. The van der Waals surface area contributed by atoms with Crippen molar-refractivity contribution >= 4 is 11.5 Å². The van der Waals surface area contributed by atoms with Crippen molar-refractivity contribution in [3.63, 3.8) is 0 Å². The Morgan fingerprint density at radius 2 is 2.15 bits per heavy atom. The van der Waals surface area contributed by atoms with E-state index in [0.29, 0.717) is 35.9 Å². The van der Waals surface area contributed by atoms with Gasteiger partial charge in [0.15, 0.2) is 0 Å². The molecule has 2 rings (SSSR count). The Bertz CT molecular complexity index is 498. The second-order valence-electron chi connectivity index (χ2n) is 5.71. The average molecular weight is 280 g/mol. The van der Waals surface area contributed by atoms with Gasteiger partial charge in [-0.2, -0.15) is 5.10 Å². The fourth-order valence-electron chi connectivity index (χ4n) is 3.37. The topological polar surface area (TPSA) is 73.0 Å². The van der Waals surface area contributed by atoms with Crippen LogP contribution >= 0.6 is 0 Å². The number of anilines is 1. The molecule has 1 fully saturated rings. The minimum absolute atomic E-state index is 0.124. The fraction of sp³-hybridized carbons (Fsp3) is 0.786. The summed E-state index contributed by atoms with van der Waals surface area (Å²) in [6.07, 6.45) is 3.45. The molecule has 1 aromatic heterocycles. The van der Waals surface area contributed by atoms with Crippen LogP contribution in [-0.2, 0) is 6.54 Å². The summed E-state index contributed by atoms with van der Waals surface area (Å²) in [6.45, 7) is 8.74. The van der Waals surface area contributed by atoms with Gasteiger partial charge >= 0.3 is 5.69 Å². The molecule has 0 amide bonds. The fourth-order valence-corrected chi connectivity index (χ4v) is 3.37. The van der Waals surface area contributed by atoms with E-state index in [1.54, 1.807) is 11.6 Å². The van der Waals surface area contributed by atoms with Gasteiger partial charge in [-0.3, -0.25) is 10.1 Å². The third-order valence-electron chi connectivity index (χ3n) is 4.65. The Hall–Kier alpha value is -1.59. The molecule has 6 nitrogen and oxygen atoms in total. The number of nitrogens with zero attached hydrogens (tertiary/aromatic N) is 3. The van der Waals surface area contributed by atoms with Crippen LogP contribution < -0.4 is 5.32 Å². The summed E-state index contributed by atoms with van der Waals surface area (Å²) in [5.41, 5.74) is 0.607. The lowest BCUT2D eigenvalue weighted by Gasteiger charge is -2.21. The van der Waals surface area contributed by atoms with Crippen molar-refractivity contribution in [2.24, 2.45) is 11.8 Å². The normalized spacial score (nSPS) is 25.9. The van der Waals surface area contributed by atoms with E-state index in [0.717, 1.165) is 6.42 Å². The molecule has 0 spiro atoms. The number of aryl methyl sites for hydroxylation is 2. The first-order valence-electron chi connectivity index (χ1n) is 7.47. The van der Waals surface area contributed by atoms with Gasteiger partial charge in [-0.25, -0.2) is 4.68 Å². The van der Waals surface area contributed by atoms with Crippen LogP contribution in [0, 0.1) is 28.9 Å². The SMILES string of the molecule is CCC1CCC(Nc2c([N+](=O)[O-])c(C)nn2CC)C1C. The van der Waals surface area contributed by atoms with E-state index < -0.39 is 0 Å². The lowest BCUT2D eigenvalue weighted by Crippen LogP contribution is -2.26. The lowest BCUT2D eigenvalue weighted by molar-refractivity contribution is -0.384. The maximum atomic E-state index is 11.3. The molecular weight excluding hydrogens is 256 g/mol. The Balaban J connectivity index is 2.27. The van der Waals surface area contributed by atoms with Crippen LogP contribution in [0.5, 0.6) is 0 Å². The van der Waals surface area contributed by atoms with Gasteiger partial charge in [-0.05, 0) is 38.5 Å². The molecule has 1 aromatic rings. The smallest absolute Gasteiger partial charge is 0.333 e. The zero-order chi connectivity index (χ0) is 14.9. The first-order valence-corrected chi connectivity index (χ1v) is 7.47. The molecule has 3 unspecified atom stereocenters. The summed E-state index contributed by atoms with van der Waals surface area (Å²) in [5.74, 6) is 1.83. The number of hydrogen-bond donors (Lipinski definition) is 1. The van der Waals surface area contributed by atoms with Crippen LogP contribution in [0.2, 0.25) is 0 Å². The zero-order valence-electron chi connectivity index (χ0n) is 12.7. The second kappa shape index (κ2) is 5.81. The van der Waals surface area contributed by atoms with E-state index in [4.69, 9.17) is 0 Å². The van der Waals surface area contributed by atoms with Crippen molar-refractivity contribution in [1.29, 1.82) is 0 Å². The molecule has 112 valence electrons. The van der Waals surface area contributed by atoms with Crippen molar-refractivity contribution in [1.82, 2.24) is 9.78 Å². The number of nitrogens with one attached hydrogen (secondary N) is 1. The third kappa shape index (κ3) is 2.51. The number of rotatable bonds is 5. The first-order chi connectivity index (χ1) is 9.49. The summed E-state index contributed by atoms with van der Waals surface area (Å²) in [4.78, 5) is 10.9. The van der Waals surface area contributed by atoms with Crippen LogP contribution in [0.3, 0.4) is 0 Å². The van der Waals surface area contributed by atoms with Gasteiger partial charge in [0.1, 0.15) is 5.69 Å². The molecule has 3 atom stereocenters. The molecule has 1 N–H and O–H groups in total. The maximum Gasteiger partial charge on any atom is 0.333 e. The molecule has 0 aromatic carbocycles. The summed E-state index contributed by atoms with van der Waals surface area (Å²) in [6, 6.07) is 0.306. The Labute approximate surface area is 119 Å². The van der Waals surface area contributed by atoms with Crippen LogP contribution in [0.1, 0.15) is 45.7 Å². The maximum absolute atomic E-state index is 11.3. The van der Waals surface area contributed by atoms with E-state index in [1.807, 2.05) is 6.92 Å². The van der Waals surface area contributed by atoms with Crippen LogP contribution in [0.25, 0.3) is 0 Å². The monoisotopic (exact) mass is 280 g/mol. The molecule has 6 heteroatoms. The summed E-state index contributed by atoms with van der Waals surface area (Å²) in [5, 5.41) is 18.9. The van der Waals surface area contributed by atoms with Crippen molar-refractivity contribution in [3.8, 4) is 0 Å². The molecule has 0 radical (unpaired) electrons. The van der Waals surface area contributed by atoms with Crippen molar-refractivity contribution in [2.75, 3.05) is 5.32 Å². The van der Waals surface area contributed by atoms with Gasteiger partial charge in [0.05, 0.1) is 4.92 Å². The molecule has 0 aliphatic heterocycles. The van der Waals surface area contributed by atoms with Crippen LogP contribution in [0.15, 0.2) is 0 Å². The molecule has 1 heterocycles. The third-order valence-corrected chi connectivity index (χ3v) is 4.65. The van der Waals surface area contributed by atoms with E-state index >= 15 is 0 Å². The number of nitro groups is 1. The molecule has 1 aliphatic rings. The molecule has 0 bridgehead atoms. The Morgan fingerprint density at radius 1 is 1.45 bits per heavy atom. The van der Waals surface area contributed by atoms with Crippen LogP contribution in [-0.4, -0.2) is 20.7 Å². The molecule has 1 saturated carbocycles. The van der Waals surface area contributed by atoms with Gasteiger partial charge in [-0.15, -0.1) is 0 Å². The molecular formula is C14H24N4O2. The van der Waals surface area contributed by atoms with Gasteiger partial charge in [0, 0.05) is 12.6 Å². The van der Waals surface area contributed by atoms with Crippen molar-refractivity contribution in [2.45, 2.75) is 59.5 Å². The highest BCUT2D eigenvalue weighted by molar-refractivity contribution is 5.60. The van der Waals surface area contributed by atoms with E-state index in [1.165, 1.54) is 12.8 Å². The predicted molar refractivity (Wildman–Crippen MR) is 78.9 cm³/mol. The standard InChI is InChI=1S/C14H24N4O2/c1-5-11-7-8-12(9(11)3)15-14-13(18(19)20)10(4)16-17(14)6-2/h9,11-12,15H,5-8H2,1-4H3. The quantitative estimate of drug-likeness (QED) is 0.663. The molecule has 1 aliphatic carbocycles. The average Bonchev–Trinajstić information content (AvgIpc) is 2.91. The van der Waals surface area contributed by atoms with E-state index in [-0.39, 0.29) is 10.6 Å². The summed E-state index contributed by atoms with van der Waals surface area (Å²) < 4.78 is 1.71. The minimum atomic E-state index is -0.326. The van der Waals surface area contributed by atoms with E-state index in [2.05, 4.69) is 24.3 Å². The molecule has 0 saturated heterocycles. The number of hydrogen-bond acceptors (Lipinski definition) is 4. The highest BCUT2D eigenvalue weighted by atomic mass is 16.6.